The Morgan fingerprint density at radius 1 is 1.13 bits per heavy atom. The second-order valence-corrected chi connectivity index (χ2v) is 7.82. The molecule has 1 aliphatic heterocycles. The number of aromatic hydroxyl groups is 2. The lowest BCUT2D eigenvalue weighted by Gasteiger charge is -2.40. The van der Waals surface area contributed by atoms with E-state index in [0.29, 0.717) is 24.6 Å². The highest BCUT2D eigenvalue weighted by Gasteiger charge is 2.39. The summed E-state index contributed by atoms with van der Waals surface area (Å²) >= 11 is 0. The number of phenolic OH excluding ortho intramolecular Hbond substituents is 2. The van der Waals surface area contributed by atoms with Crippen LogP contribution >= 0.6 is 0 Å². The molecule has 7 nitrogen and oxygen atoms in total. The molecular formula is C23H20FN3O4. The number of benzene rings is 2. The summed E-state index contributed by atoms with van der Waals surface area (Å²) in [6.45, 7) is 2.87. The number of pyridine rings is 1. The number of rotatable bonds is 4. The molecule has 1 saturated heterocycles. The van der Waals surface area contributed by atoms with Gasteiger partial charge in [0.25, 0.3) is 0 Å². The summed E-state index contributed by atoms with van der Waals surface area (Å²) in [7, 11) is 1.33. The SMILES string of the molecule is COc1cc(-c2nc3ccc(-c4ccccn4)cc3n2C2(C)COC2)c(F)c(O)c1O. The van der Waals surface area contributed by atoms with Crippen molar-refractivity contribution in [2.75, 3.05) is 20.3 Å². The Labute approximate surface area is 177 Å². The van der Waals surface area contributed by atoms with Crippen LogP contribution in [0.4, 0.5) is 4.39 Å². The fourth-order valence-electron chi connectivity index (χ4n) is 3.95. The Balaban J connectivity index is 1.80. The third-order valence-electron chi connectivity index (χ3n) is 5.62. The average Bonchev–Trinajstić information content (AvgIpc) is 3.15. The molecule has 8 heteroatoms. The number of imidazole rings is 1. The first-order valence-electron chi connectivity index (χ1n) is 9.74. The van der Waals surface area contributed by atoms with E-state index in [1.807, 2.05) is 47.9 Å². The van der Waals surface area contributed by atoms with Gasteiger partial charge in [0.05, 0.1) is 48.2 Å². The topological polar surface area (TPSA) is 89.6 Å². The predicted octanol–water partition coefficient (Wildman–Crippen LogP) is 4.07. The number of methoxy groups -OCH3 is 1. The van der Waals surface area contributed by atoms with Gasteiger partial charge in [-0.1, -0.05) is 12.1 Å². The van der Waals surface area contributed by atoms with Crippen molar-refractivity contribution in [3.05, 3.63) is 54.5 Å². The van der Waals surface area contributed by atoms with E-state index in [2.05, 4.69) is 9.97 Å². The number of halogens is 1. The van der Waals surface area contributed by atoms with Gasteiger partial charge in [-0.3, -0.25) is 4.98 Å². The van der Waals surface area contributed by atoms with Gasteiger partial charge in [-0.25, -0.2) is 9.37 Å². The Morgan fingerprint density at radius 2 is 1.94 bits per heavy atom. The van der Waals surface area contributed by atoms with Crippen molar-refractivity contribution in [3.8, 4) is 39.9 Å². The minimum absolute atomic E-state index is 0.0239. The average molecular weight is 421 g/mol. The minimum atomic E-state index is -0.969. The van der Waals surface area contributed by atoms with E-state index in [4.69, 9.17) is 9.47 Å². The van der Waals surface area contributed by atoms with Crippen LogP contribution in [0.25, 0.3) is 33.7 Å². The summed E-state index contributed by atoms with van der Waals surface area (Å²) in [5.41, 5.74) is 2.72. The molecule has 1 aliphatic rings. The first-order valence-corrected chi connectivity index (χ1v) is 9.74. The van der Waals surface area contributed by atoms with Crippen molar-refractivity contribution >= 4 is 11.0 Å². The van der Waals surface area contributed by atoms with E-state index in [0.717, 1.165) is 16.8 Å². The molecule has 0 unspecified atom stereocenters. The van der Waals surface area contributed by atoms with E-state index in [1.165, 1.54) is 13.2 Å². The zero-order valence-electron chi connectivity index (χ0n) is 17.0. The van der Waals surface area contributed by atoms with Crippen LogP contribution < -0.4 is 4.74 Å². The Kier molecular flexibility index (Phi) is 4.33. The summed E-state index contributed by atoms with van der Waals surface area (Å²) in [5.74, 6) is -2.23. The molecule has 0 saturated carbocycles. The number of phenols is 2. The molecule has 5 rings (SSSR count). The van der Waals surface area contributed by atoms with Crippen molar-refractivity contribution in [3.63, 3.8) is 0 Å². The van der Waals surface area contributed by atoms with Gasteiger partial charge < -0.3 is 24.3 Å². The smallest absolute Gasteiger partial charge is 0.203 e. The molecule has 0 amide bonds. The molecule has 2 N–H and O–H groups in total. The maximum atomic E-state index is 15.1. The predicted molar refractivity (Wildman–Crippen MR) is 113 cm³/mol. The van der Waals surface area contributed by atoms with Crippen LogP contribution in [-0.4, -0.2) is 45.1 Å². The molecule has 0 spiro atoms. The second-order valence-electron chi connectivity index (χ2n) is 7.82. The van der Waals surface area contributed by atoms with Crippen LogP contribution in [0.1, 0.15) is 6.92 Å². The molecule has 4 aromatic rings. The van der Waals surface area contributed by atoms with E-state index < -0.39 is 22.9 Å². The normalized spacial score (nSPS) is 15.1. The zero-order valence-corrected chi connectivity index (χ0v) is 17.0. The van der Waals surface area contributed by atoms with Gasteiger partial charge in [-0.15, -0.1) is 0 Å². The number of nitrogens with zero attached hydrogens (tertiary/aromatic N) is 3. The van der Waals surface area contributed by atoms with Gasteiger partial charge in [-0.05, 0) is 37.3 Å². The quantitative estimate of drug-likeness (QED) is 0.483. The van der Waals surface area contributed by atoms with E-state index in [9.17, 15) is 10.2 Å². The molecule has 158 valence electrons. The highest BCUT2D eigenvalue weighted by Crippen LogP contribution is 2.45. The molecule has 2 aromatic heterocycles. The van der Waals surface area contributed by atoms with Gasteiger partial charge in [0.2, 0.25) is 5.75 Å². The molecule has 0 bridgehead atoms. The molecule has 0 aliphatic carbocycles. The van der Waals surface area contributed by atoms with Crippen LogP contribution in [0.5, 0.6) is 17.2 Å². The summed E-state index contributed by atoms with van der Waals surface area (Å²) in [6, 6.07) is 12.8. The zero-order chi connectivity index (χ0) is 21.8. The van der Waals surface area contributed by atoms with E-state index in [1.54, 1.807) is 6.20 Å². The summed E-state index contributed by atoms with van der Waals surface area (Å²) in [6.07, 6.45) is 1.73. The minimum Gasteiger partial charge on any atom is -0.502 e. The summed E-state index contributed by atoms with van der Waals surface area (Å²) < 4.78 is 27.6. The third-order valence-corrected chi connectivity index (χ3v) is 5.62. The number of fused-ring (bicyclic) bond motifs is 1. The van der Waals surface area contributed by atoms with Crippen molar-refractivity contribution in [2.24, 2.45) is 0 Å². The van der Waals surface area contributed by atoms with Crippen LogP contribution in [0.15, 0.2) is 48.7 Å². The van der Waals surface area contributed by atoms with Crippen molar-refractivity contribution in [1.29, 1.82) is 0 Å². The molecule has 0 radical (unpaired) electrons. The van der Waals surface area contributed by atoms with Gasteiger partial charge in [0.1, 0.15) is 5.82 Å². The fourth-order valence-corrected chi connectivity index (χ4v) is 3.95. The van der Waals surface area contributed by atoms with Gasteiger partial charge in [0, 0.05) is 11.8 Å². The number of hydrogen-bond donors (Lipinski definition) is 2. The Hall–Kier alpha value is -3.65. The van der Waals surface area contributed by atoms with Crippen LogP contribution in [-0.2, 0) is 10.3 Å². The number of hydrogen-bond acceptors (Lipinski definition) is 6. The van der Waals surface area contributed by atoms with Crippen molar-refractivity contribution in [2.45, 2.75) is 12.5 Å². The first-order chi connectivity index (χ1) is 14.9. The van der Waals surface area contributed by atoms with E-state index >= 15 is 4.39 Å². The lowest BCUT2D eigenvalue weighted by atomic mass is 9.98. The van der Waals surface area contributed by atoms with Gasteiger partial charge >= 0.3 is 0 Å². The highest BCUT2D eigenvalue weighted by molar-refractivity contribution is 5.86. The molecule has 3 heterocycles. The van der Waals surface area contributed by atoms with Gasteiger partial charge in [0.15, 0.2) is 17.3 Å². The Bertz CT molecular complexity index is 1300. The first kappa shape index (κ1) is 19.3. The van der Waals surface area contributed by atoms with Crippen LogP contribution in [0.2, 0.25) is 0 Å². The number of aromatic nitrogens is 3. The molecule has 2 aromatic carbocycles. The van der Waals surface area contributed by atoms with Crippen LogP contribution in [0, 0.1) is 5.82 Å². The largest absolute Gasteiger partial charge is 0.502 e. The number of ether oxygens (including phenoxy) is 2. The molecule has 0 atom stereocenters. The second kappa shape index (κ2) is 6.95. The lowest BCUT2D eigenvalue weighted by molar-refractivity contribution is -0.0868. The summed E-state index contributed by atoms with van der Waals surface area (Å²) in [5, 5.41) is 20.1. The maximum absolute atomic E-state index is 15.1. The van der Waals surface area contributed by atoms with Crippen LogP contribution in [0.3, 0.4) is 0 Å². The van der Waals surface area contributed by atoms with Gasteiger partial charge in [-0.2, -0.15) is 0 Å². The van der Waals surface area contributed by atoms with Crippen molar-refractivity contribution < 1.29 is 24.1 Å². The molecule has 31 heavy (non-hydrogen) atoms. The monoisotopic (exact) mass is 421 g/mol. The Morgan fingerprint density at radius 3 is 2.58 bits per heavy atom. The molecule has 1 fully saturated rings. The fraction of sp³-hybridized carbons (Fsp3) is 0.217. The highest BCUT2D eigenvalue weighted by atomic mass is 19.1. The maximum Gasteiger partial charge on any atom is 0.203 e. The third kappa shape index (κ3) is 2.90. The van der Waals surface area contributed by atoms with Crippen molar-refractivity contribution in [1.82, 2.24) is 14.5 Å². The molecular weight excluding hydrogens is 401 g/mol. The standard InChI is InChI=1S/C23H20FN3O4/c1-23(11-31-12-23)27-17-9-13(15-5-3-4-8-25-15)6-7-16(17)26-22(27)14-10-18(30-2)20(28)21(29)19(14)24/h3-10,28-29H,11-12H2,1-2H3. The lowest BCUT2D eigenvalue weighted by Crippen LogP contribution is -2.49. The van der Waals surface area contributed by atoms with E-state index in [-0.39, 0.29) is 11.3 Å². The summed E-state index contributed by atoms with van der Waals surface area (Å²) in [4.78, 5) is 9.08.